The normalized spacial score (nSPS) is 15.6. The van der Waals surface area contributed by atoms with Crippen LogP contribution < -0.4 is 10.6 Å². The molecule has 1 aliphatic rings. The van der Waals surface area contributed by atoms with E-state index in [0.29, 0.717) is 0 Å². The average molecular weight is 219 g/mol. The van der Waals surface area contributed by atoms with Gasteiger partial charge in [-0.3, -0.25) is 14.4 Å². The molecule has 0 aliphatic carbocycles. The average Bonchev–Trinajstić information content (AvgIpc) is 2.59. The highest BCUT2D eigenvalue weighted by Crippen LogP contribution is 2.19. The molecule has 0 atom stereocenters. The van der Waals surface area contributed by atoms with Gasteiger partial charge < -0.3 is 5.73 Å². The van der Waals surface area contributed by atoms with Crippen LogP contribution in [0.4, 0.5) is 5.82 Å². The smallest absolute Gasteiger partial charge is 0.250 e. The first kappa shape index (κ1) is 10.3. The molecular formula is C10H9N3O3. The van der Waals surface area contributed by atoms with Gasteiger partial charge in [0.2, 0.25) is 17.7 Å². The second-order valence-corrected chi connectivity index (χ2v) is 3.39. The number of rotatable bonds is 2. The number of anilines is 1. The Morgan fingerprint density at radius 3 is 2.31 bits per heavy atom. The van der Waals surface area contributed by atoms with Gasteiger partial charge in [0, 0.05) is 19.0 Å². The summed E-state index contributed by atoms with van der Waals surface area (Å²) in [6, 6.07) is 2.87. The summed E-state index contributed by atoms with van der Waals surface area (Å²) in [4.78, 5) is 38.4. The molecule has 16 heavy (non-hydrogen) atoms. The summed E-state index contributed by atoms with van der Waals surface area (Å²) in [5.74, 6) is -0.913. The number of hydrogen-bond acceptors (Lipinski definition) is 4. The van der Waals surface area contributed by atoms with Crippen molar-refractivity contribution in [3.8, 4) is 0 Å². The Morgan fingerprint density at radius 1 is 1.25 bits per heavy atom. The second kappa shape index (κ2) is 3.73. The van der Waals surface area contributed by atoms with Crippen LogP contribution in [0.2, 0.25) is 0 Å². The molecule has 0 saturated carbocycles. The van der Waals surface area contributed by atoms with Crippen molar-refractivity contribution in [3.05, 3.63) is 23.9 Å². The third kappa shape index (κ3) is 1.65. The van der Waals surface area contributed by atoms with Crippen molar-refractivity contribution >= 4 is 23.5 Å². The number of aromatic nitrogens is 1. The molecule has 1 aromatic heterocycles. The van der Waals surface area contributed by atoms with E-state index in [1.54, 1.807) is 0 Å². The lowest BCUT2D eigenvalue weighted by Crippen LogP contribution is -2.29. The van der Waals surface area contributed by atoms with Crippen molar-refractivity contribution in [2.45, 2.75) is 12.8 Å². The van der Waals surface area contributed by atoms with Gasteiger partial charge in [-0.25, -0.2) is 9.88 Å². The molecule has 0 unspecified atom stereocenters. The molecule has 2 heterocycles. The van der Waals surface area contributed by atoms with Gasteiger partial charge in [-0.1, -0.05) is 0 Å². The van der Waals surface area contributed by atoms with Crippen molar-refractivity contribution in [2.24, 2.45) is 5.73 Å². The third-order valence-electron chi connectivity index (χ3n) is 2.31. The van der Waals surface area contributed by atoms with Crippen LogP contribution in [0.3, 0.4) is 0 Å². The molecule has 6 heteroatoms. The maximum absolute atomic E-state index is 11.4. The predicted octanol–water partition coefficient (Wildman–Crippen LogP) is -0.166. The Bertz CT molecular complexity index is 451. The molecule has 1 aliphatic heterocycles. The Labute approximate surface area is 91.1 Å². The van der Waals surface area contributed by atoms with Gasteiger partial charge in [0.25, 0.3) is 0 Å². The van der Waals surface area contributed by atoms with E-state index in [2.05, 4.69) is 4.98 Å². The molecule has 82 valence electrons. The number of nitrogens with zero attached hydrogens (tertiary/aromatic N) is 2. The molecular weight excluding hydrogens is 210 g/mol. The van der Waals surface area contributed by atoms with Gasteiger partial charge in [0.1, 0.15) is 5.82 Å². The third-order valence-corrected chi connectivity index (χ3v) is 2.31. The minimum absolute atomic E-state index is 0.206. The molecule has 2 rings (SSSR count). The van der Waals surface area contributed by atoms with E-state index >= 15 is 0 Å². The van der Waals surface area contributed by atoms with Crippen LogP contribution in [0.5, 0.6) is 0 Å². The number of carbonyl (C=O) groups excluding carboxylic acids is 3. The van der Waals surface area contributed by atoms with Crippen molar-refractivity contribution in [2.75, 3.05) is 4.90 Å². The van der Waals surface area contributed by atoms with E-state index in [0.717, 1.165) is 4.90 Å². The van der Waals surface area contributed by atoms with Gasteiger partial charge in [0.05, 0.1) is 5.56 Å². The van der Waals surface area contributed by atoms with Gasteiger partial charge >= 0.3 is 0 Å². The van der Waals surface area contributed by atoms with Crippen LogP contribution >= 0.6 is 0 Å². The zero-order valence-corrected chi connectivity index (χ0v) is 8.34. The summed E-state index contributed by atoms with van der Waals surface area (Å²) >= 11 is 0. The zero-order valence-electron chi connectivity index (χ0n) is 8.34. The summed E-state index contributed by atoms with van der Waals surface area (Å²) in [6.07, 6.45) is 1.66. The first-order valence-corrected chi connectivity index (χ1v) is 4.71. The quantitative estimate of drug-likeness (QED) is 0.699. The highest BCUT2D eigenvalue weighted by atomic mass is 16.2. The topological polar surface area (TPSA) is 93.4 Å². The summed E-state index contributed by atoms with van der Waals surface area (Å²) in [5.41, 5.74) is 5.28. The van der Waals surface area contributed by atoms with Gasteiger partial charge in [-0.15, -0.1) is 0 Å². The SMILES string of the molecule is NC(=O)c1ccc(N2C(=O)CCC2=O)nc1. The Balaban J connectivity index is 2.31. The molecule has 0 radical (unpaired) electrons. The van der Waals surface area contributed by atoms with Crippen LogP contribution in [0.1, 0.15) is 23.2 Å². The van der Waals surface area contributed by atoms with Gasteiger partial charge in [-0.05, 0) is 12.1 Å². The van der Waals surface area contributed by atoms with Crippen LogP contribution in [0.25, 0.3) is 0 Å². The lowest BCUT2D eigenvalue weighted by molar-refractivity contribution is -0.121. The molecule has 1 saturated heterocycles. The monoisotopic (exact) mass is 219 g/mol. The minimum atomic E-state index is -0.599. The van der Waals surface area contributed by atoms with Crippen LogP contribution in [0, 0.1) is 0 Å². The molecule has 1 fully saturated rings. The first-order valence-electron chi connectivity index (χ1n) is 4.71. The predicted molar refractivity (Wildman–Crippen MR) is 54.5 cm³/mol. The Hall–Kier alpha value is -2.24. The van der Waals surface area contributed by atoms with E-state index in [1.807, 2.05) is 0 Å². The molecule has 1 aromatic rings. The van der Waals surface area contributed by atoms with Crippen LogP contribution in [-0.2, 0) is 9.59 Å². The second-order valence-electron chi connectivity index (χ2n) is 3.39. The number of pyridine rings is 1. The van der Waals surface area contributed by atoms with Gasteiger partial charge in [0.15, 0.2) is 0 Å². The maximum atomic E-state index is 11.4. The zero-order chi connectivity index (χ0) is 11.7. The summed E-state index contributed by atoms with van der Waals surface area (Å²) < 4.78 is 0. The van der Waals surface area contributed by atoms with E-state index in [4.69, 9.17) is 5.73 Å². The molecule has 0 spiro atoms. The fourth-order valence-corrected chi connectivity index (χ4v) is 1.50. The molecule has 0 bridgehead atoms. The fourth-order valence-electron chi connectivity index (χ4n) is 1.50. The van der Waals surface area contributed by atoms with Gasteiger partial charge in [-0.2, -0.15) is 0 Å². The highest BCUT2D eigenvalue weighted by molar-refractivity contribution is 6.19. The molecule has 3 amide bonds. The van der Waals surface area contributed by atoms with Crippen LogP contribution in [-0.4, -0.2) is 22.7 Å². The van der Waals surface area contributed by atoms with Crippen molar-refractivity contribution < 1.29 is 14.4 Å². The number of nitrogens with two attached hydrogens (primary N) is 1. The van der Waals surface area contributed by atoms with Crippen molar-refractivity contribution in [1.82, 2.24) is 4.98 Å². The number of hydrogen-bond donors (Lipinski definition) is 1. The van der Waals surface area contributed by atoms with Crippen molar-refractivity contribution in [3.63, 3.8) is 0 Å². The van der Waals surface area contributed by atoms with E-state index in [-0.39, 0.29) is 36.0 Å². The number of carbonyl (C=O) groups is 3. The molecule has 6 nitrogen and oxygen atoms in total. The minimum Gasteiger partial charge on any atom is -0.366 e. The lowest BCUT2D eigenvalue weighted by Gasteiger charge is -2.12. The van der Waals surface area contributed by atoms with E-state index in [1.165, 1.54) is 18.3 Å². The fraction of sp³-hybridized carbons (Fsp3) is 0.200. The van der Waals surface area contributed by atoms with Crippen molar-refractivity contribution in [1.29, 1.82) is 0 Å². The summed E-state index contributed by atoms with van der Waals surface area (Å²) in [6.45, 7) is 0. The first-order chi connectivity index (χ1) is 7.59. The number of primary amides is 1. The van der Waals surface area contributed by atoms with E-state index < -0.39 is 5.91 Å². The molecule has 2 N–H and O–H groups in total. The number of imide groups is 1. The van der Waals surface area contributed by atoms with Crippen LogP contribution in [0.15, 0.2) is 18.3 Å². The molecule has 0 aromatic carbocycles. The number of amides is 3. The standard InChI is InChI=1S/C10H9N3O3/c11-10(16)6-1-2-7(12-5-6)13-8(14)3-4-9(13)15/h1-2,5H,3-4H2,(H2,11,16). The lowest BCUT2D eigenvalue weighted by atomic mass is 10.2. The largest absolute Gasteiger partial charge is 0.366 e. The Morgan fingerprint density at radius 2 is 1.88 bits per heavy atom. The highest BCUT2D eigenvalue weighted by Gasteiger charge is 2.31. The maximum Gasteiger partial charge on any atom is 0.250 e. The Kier molecular flexibility index (Phi) is 2.40. The summed E-state index contributed by atoms with van der Waals surface area (Å²) in [7, 11) is 0. The summed E-state index contributed by atoms with van der Waals surface area (Å²) in [5, 5.41) is 0. The van der Waals surface area contributed by atoms with E-state index in [9.17, 15) is 14.4 Å².